The molecule has 134 valence electrons. The molecule has 2 rings (SSSR count). The van der Waals surface area contributed by atoms with E-state index in [9.17, 15) is 18.0 Å². The lowest BCUT2D eigenvalue weighted by Crippen LogP contribution is -2.35. The smallest absolute Gasteiger partial charge is 0.325 e. The number of halogens is 3. The number of carbonyl (C=O) groups excluding carboxylic acids is 1. The van der Waals surface area contributed by atoms with Crippen molar-refractivity contribution >= 4 is 17.7 Å². The summed E-state index contributed by atoms with van der Waals surface area (Å²) in [5, 5.41) is -0.310. The van der Waals surface area contributed by atoms with E-state index < -0.39 is 11.7 Å². The Kier molecular flexibility index (Phi) is 6.61. The first kappa shape index (κ1) is 19.2. The predicted octanol–water partition coefficient (Wildman–Crippen LogP) is 5.50. The van der Waals surface area contributed by atoms with Crippen molar-refractivity contribution in [2.75, 3.05) is 12.3 Å². The van der Waals surface area contributed by atoms with E-state index in [1.807, 2.05) is 6.92 Å². The lowest BCUT2D eigenvalue weighted by molar-refractivity contribution is -0.137. The topological polar surface area (TPSA) is 20.3 Å². The first-order valence-corrected chi connectivity index (χ1v) is 9.52. The fourth-order valence-electron chi connectivity index (χ4n) is 3.03. The largest absolute Gasteiger partial charge is 0.416 e. The maximum Gasteiger partial charge on any atom is 0.416 e. The second-order valence-electron chi connectivity index (χ2n) is 6.13. The summed E-state index contributed by atoms with van der Waals surface area (Å²) in [6.07, 6.45) is -0.701. The average Bonchev–Trinajstić information content (AvgIpc) is 3.04. The quantitative estimate of drug-likeness (QED) is 0.669. The van der Waals surface area contributed by atoms with E-state index in [2.05, 4.69) is 6.92 Å². The molecule has 0 aliphatic carbocycles. The van der Waals surface area contributed by atoms with Crippen LogP contribution in [0.4, 0.5) is 13.2 Å². The first-order valence-electron chi connectivity index (χ1n) is 8.47. The van der Waals surface area contributed by atoms with Crippen LogP contribution in [0.25, 0.3) is 0 Å². The van der Waals surface area contributed by atoms with E-state index in [4.69, 9.17) is 0 Å². The van der Waals surface area contributed by atoms with Gasteiger partial charge in [-0.25, -0.2) is 0 Å². The Hall–Kier alpha value is -1.17. The van der Waals surface area contributed by atoms with Gasteiger partial charge in [-0.1, -0.05) is 38.8 Å². The van der Waals surface area contributed by atoms with Gasteiger partial charge < -0.3 is 4.90 Å². The molecule has 2 atom stereocenters. The van der Waals surface area contributed by atoms with Crippen molar-refractivity contribution in [2.24, 2.45) is 5.92 Å². The van der Waals surface area contributed by atoms with Gasteiger partial charge in [-0.15, -0.1) is 11.8 Å². The van der Waals surface area contributed by atoms with E-state index in [0.717, 1.165) is 37.5 Å². The van der Waals surface area contributed by atoms with Crippen LogP contribution in [-0.4, -0.2) is 23.1 Å². The van der Waals surface area contributed by atoms with Gasteiger partial charge in [0.05, 0.1) is 5.56 Å². The summed E-state index contributed by atoms with van der Waals surface area (Å²) < 4.78 is 38.8. The van der Waals surface area contributed by atoms with Crippen LogP contribution >= 0.6 is 11.8 Å². The minimum atomic E-state index is -4.36. The van der Waals surface area contributed by atoms with Crippen LogP contribution in [0.1, 0.15) is 56.0 Å². The Balaban J connectivity index is 2.19. The summed E-state index contributed by atoms with van der Waals surface area (Å²) in [7, 11) is 0. The molecule has 0 aromatic heterocycles. The van der Waals surface area contributed by atoms with Crippen LogP contribution in [0.2, 0.25) is 0 Å². The van der Waals surface area contributed by atoms with Crippen LogP contribution in [0.3, 0.4) is 0 Å². The monoisotopic (exact) mass is 359 g/mol. The number of nitrogens with zero attached hydrogens (tertiary/aromatic N) is 1. The van der Waals surface area contributed by atoms with Crippen molar-refractivity contribution in [3.63, 3.8) is 0 Å². The molecule has 1 amide bonds. The molecule has 1 fully saturated rings. The number of alkyl halides is 3. The van der Waals surface area contributed by atoms with Gasteiger partial charge in [0.15, 0.2) is 0 Å². The van der Waals surface area contributed by atoms with Crippen LogP contribution in [-0.2, 0) is 11.0 Å². The molecule has 0 N–H and O–H groups in total. The number of benzene rings is 1. The van der Waals surface area contributed by atoms with Crippen LogP contribution in [0, 0.1) is 5.92 Å². The van der Waals surface area contributed by atoms with Gasteiger partial charge in [0, 0.05) is 18.2 Å². The van der Waals surface area contributed by atoms with Gasteiger partial charge in [0.2, 0.25) is 5.91 Å². The third-order valence-corrected chi connectivity index (χ3v) is 5.68. The molecule has 0 bridgehead atoms. The number of carbonyl (C=O) groups is 1. The number of unbranched alkanes of at least 4 members (excludes halogenated alkanes) is 1. The van der Waals surface area contributed by atoms with Crippen molar-refractivity contribution in [3.8, 4) is 0 Å². The summed E-state index contributed by atoms with van der Waals surface area (Å²) >= 11 is 1.54. The molecule has 1 aromatic rings. The maximum atomic E-state index is 12.9. The number of hydrogen-bond donors (Lipinski definition) is 0. The van der Waals surface area contributed by atoms with Gasteiger partial charge in [-0.2, -0.15) is 13.2 Å². The van der Waals surface area contributed by atoms with E-state index in [1.165, 1.54) is 12.1 Å². The molecule has 0 spiro atoms. The average molecular weight is 359 g/mol. The zero-order chi connectivity index (χ0) is 17.7. The number of amides is 1. The molecule has 1 heterocycles. The fraction of sp³-hybridized carbons (Fsp3) is 0.611. The summed E-state index contributed by atoms with van der Waals surface area (Å²) in [5.74, 6) is 0.812. The van der Waals surface area contributed by atoms with Crippen molar-refractivity contribution in [2.45, 2.75) is 51.1 Å². The summed E-state index contributed by atoms with van der Waals surface area (Å²) in [5.41, 5.74) is -0.0936. The van der Waals surface area contributed by atoms with Crippen molar-refractivity contribution < 1.29 is 18.0 Å². The second kappa shape index (κ2) is 8.28. The second-order valence-corrected chi connectivity index (χ2v) is 7.31. The standard InChI is InChI=1S/C18H24F3NOS/c1-3-5-7-13(4-2)16(23)22-10-11-24-17(22)14-8-6-9-15(12-14)18(19,20)21/h6,8-9,12-13,17H,3-5,7,10-11H2,1-2H3. The zero-order valence-corrected chi connectivity index (χ0v) is 14.9. The normalized spacial score (nSPS) is 19.5. The fourth-order valence-corrected chi connectivity index (χ4v) is 4.28. The third-order valence-electron chi connectivity index (χ3n) is 4.42. The van der Waals surface area contributed by atoms with Gasteiger partial charge >= 0.3 is 6.18 Å². The molecule has 1 aromatic carbocycles. The van der Waals surface area contributed by atoms with Crippen LogP contribution in [0.5, 0.6) is 0 Å². The van der Waals surface area contributed by atoms with E-state index in [1.54, 1.807) is 22.7 Å². The van der Waals surface area contributed by atoms with E-state index >= 15 is 0 Å². The van der Waals surface area contributed by atoms with Crippen molar-refractivity contribution in [1.82, 2.24) is 4.90 Å². The summed E-state index contributed by atoms with van der Waals surface area (Å²) in [6, 6.07) is 5.36. The Labute approximate surface area is 145 Å². The number of thioether (sulfide) groups is 1. The molecule has 1 aliphatic rings. The zero-order valence-electron chi connectivity index (χ0n) is 14.1. The molecule has 24 heavy (non-hydrogen) atoms. The highest BCUT2D eigenvalue weighted by atomic mass is 32.2. The highest BCUT2D eigenvalue weighted by Gasteiger charge is 2.36. The molecule has 2 unspecified atom stereocenters. The molecule has 2 nitrogen and oxygen atoms in total. The lowest BCUT2D eigenvalue weighted by Gasteiger charge is -2.28. The van der Waals surface area contributed by atoms with Crippen LogP contribution in [0.15, 0.2) is 24.3 Å². The Bertz CT molecular complexity index is 561. The molecule has 0 saturated carbocycles. The maximum absolute atomic E-state index is 12.9. The molecule has 1 saturated heterocycles. The minimum Gasteiger partial charge on any atom is -0.325 e. The van der Waals surface area contributed by atoms with Gasteiger partial charge in [-0.05, 0) is 30.5 Å². The van der Waals surface area contributed by atoms with E-state index in [0.29, 0.717) is 12.1 Å². The van der Waals surface area contributed by atoms with Gasteiger partial charge in [-0.3, -0.25) is 4.79 Å². The van der Waals surface area contributed by atoms with Gasteiger partial charge in [0.25, 0.3) is 0 Å². The highest BCUT2D eigenvalue weighted by molar-refractivity contribution is 7.99. The SMILES string of the molecule is CCCCC(CC)C(=O)N1CCSC1c1cccc(C(F)(F)F)c1. The number of hydrogen-bond acceptors (Lipinski definition) is 2. The highest BCUT2D eigenvalue weighted by Crippen LogP contribution is 2.41. The van der Waals surface area contributed by atoms with Crippen LogP contribution < -0.4 is 0 Å². The van der Waals surface area contributed by atoms with E-state index in [-0.39, 0.29) is 17.2 Å². The van der Waals surface area contributed by atoms with Gasteiger partial charge in [0.1, 0.15) is 5.37 Å². The first-order chi connectivity index (χ1) is 11.4. The molecule has 6 heteroatoms. The Morgan fingerprint density at radius 3 is 2.75 bits per heavy atom. The Morgan fingerprint density at radius 2 is 2.12 bits per heavy atom. The summed E-state index contributed by atoms with van der Waals surface area (Å²) in [4.78, 5) is 14.6. The van der Waals surface area contributed by atoms with Crippen molar-refractivity contribution in [3.05, 3.63) is 35.4 Å². The molecule has 0 radical (unpaired) electrons. The minimum absolute atomic E-state index is 0.0306. The molecular formula is C18H24F3NOS. The van der Waals surface area contributed by atoms with Crippen molar-refractivity contribution in [1.29, 1.82) is 0 Å². The third kappa shape index (κ3) is 4.47. The molecular weight excluding hydrogens is 335 g/mol. The summed E-state index contributed by atoms with van der Waals surface area (Å²) in [6.45, 7) is 4.70. The molecule has 1 aliphatic heterocycles. The predicted molar refractivity (Wildman–Crippen MR) is 91.7 cm³/mol. The number of rotatable bonds is 6. The lowest BCUT2D eigenvalue weighted by atomic mass is 9.97. The Morgan fingerprint density at radius 1 is 1.38 bits per heavy atom.